The zero-order valence-electron chi connectivity index (χ0n) is 32.1. The minimum atomic E-state index is -0.364. The molecule has 288 valence electrons. The molecule has 3 aromatic rings. The molecule has 2 heterocycles. The summed E-state index contributed by atoms with van der Waals surface area (Å²) in [5.74, 6) is 1.17. The lowest BCUT2D eigenvalue weighted by atomic mass is 9.88. The fraction of sp³-hybridized carbons (Fsp3) is 0.523. The van der Waals surface area contributed by atoms with Crippen LogP contribution < -0.4 is 15.2 Å². The first-order chi connectivity index (χ1) is 26.0. The van der Waals surface area contributed by atoms with E-state index < -0.39 is 0 Å². The van der Waals surface area contributed by atoms with Crippen molar-refractivity contribution in [1.29, 1.82) is 0 Å². The normalized spacial score (nSPS) is 13.2. The Morgan fingerprint density at radius 2 is 1.21 bits per heavy atom. The quantitative estimate of drug-likeness (QED) is 0.0636. The summed E-state index contributed by atoms with van der Waals surface area (Å²) in [5.41, 5.74) is 1.98. The van der Waals surface area contributed by atoms with Crippen LogP contribution in [0, 0.1) is 11.8 Å². The van der Waals surface area contributed by atoms with Gasteiger partial charge in [0, 0.05) is 44.4 Å². The SMILES string of the molecule is CC(CCCCCCCCCCCCn1cc[n+](CCCNC(=O)OCc2ccccc2)c1)C1C=CN(CCCNC(=O)OCc2ccccc2)C=C1. The number of aryl methyl sites for hydroxylation is 2. The maximum atomic E-state index is 11.9. The molecule has 0 saturated heterocycles. The fourth-order valence-corrected chi connectivity index (χ4v) is 6.59. The molecule has 4 rings (SSSR count). The average Bonchev–Trinajstić information content (AvgIpc) is 3.65. The van der Waals surface area contributed by atoms with Gasteiger partial charge in [-0.25, -0.2) is 18.7 Å². The molecule has 1 aliphatic rings. The molecule has 0 spiro atoms. The van der Waals surface area contributed by atoms with E-state index in [1.807, 2.05) is 60.7 Å². The second kappa shape index (κ2) is 25.4. The van der Waals surface area contributed by atoms with Gasteiger partial charge >= 0.3 is 12.2 Å². The molecule has 0 aliphatic carbocycles. The summed E-state index contributed by atoms with van der Waals surface area (Å²) in [7, 11) is 0. The number of hydrogen-bond donors (Lipinski definition) is 2. The van der Waals surface area contributed by atoms with Crippen molar-refractivity contribution in [3.05, 3.63) is 115 Å². The highest BCUT2D eigenvalue weighted by molar-refractivity contribution is 5.67. The molecule has 9 nitrogen and oxygen atoms in total. The minimum Gasteiger partial charge on any atom is -0.445 e. The Morgan fingerprint density at radius 3 is 1.79 bits per heavy atom. The number of allylic oxidation sites excluding steroid dienone is 2. The largest absolute Gasteiger partial charge is 0.445 e. The number of ether oxygens (including phenoxy) is 2. The second-order valence-corrected chi connectivity index (χ2v) is 14.4. The third-order valence-corrected chi connectivity index (χ3v) is 9.88. The number of hydrogen-bond acceptors (Lipinski definition) is 5. The number of aromatic nitrogens is 2. The lowest BCUT2D eigenvalue weighted by Gasteiger charge is -2.25. The van der Waals surface area contributed by atoms with Gasteiger partial charge in [-0.3, -0.25) is 0 Å². The summed E-state index contributed by atoms with van der Waals surface area (Å²) in [6.45, 7) is 6.98. The number of amides is 2. The van der Waals surface area contributed by atoms with Crippen LogP contribution in [-0.2, 0) is 35.8 Å². The highest BCUT2D eigenvalue weighted by atomic mass is 16.6. The van der Waals surface area contributed by atoms with Crippen LogP contribution in [0.1, 0.15) is 102 Å². The molecule has 2 aromatic carbocycles. The number of rotatable bonds is 26. The number of nitrogens with one attached hydrogen (secondary N) is 2. The first kappa shape index (κ1) is 41.2. The molecule has 0 saturated carbocycles. The predicted octanol–water partition coefficient (Wildman–Crippen LogP) is 9.30. The molecule has 1 aromatic heterocycles. The van der Waals surface area contributed by atoms with Crippen molar-refractivity contribution >= 4 is 12.2 Å². The Labute approximate surface area is 318 Å². The minimum absolute atomic E-state index is 0.296. The van der Waals surface area contributed by atoms with Crippen molar-refractivity contribution in [3.8, 4) is 0 Å². The van der Waals surface area contributed by atoms with Gasteiger partial charge in [-0.15, -0.1) is 0 Å². The number of nitrogens with zero attached hydrogens (tertiary/aromatic N) is 3. The van der Waals surface area contributed by atoms with E-state index in [0.717, 1.165) is 43.6 Å². The maximum Gasteiger partial charge on any atom is 0.407 e. The van der Waals surface area contributed by atoms with Crippen LogP contribution in [0.2, 0.25) is 0 Å². The maximum absolute atomic E-state index is 11.9. The number of benzene rings is 2. The van der Waals surface area contributed by atoms with E-state index in [2.05, 4.69) is 74.9 Å². The Kier molecular flexibility index (Phi) is 19.8. The Bertz CT molecular complexity index is 1460. The second-order valence-electron chi connectivity index (χ2n) is 14.4. The van der Waals surface area contributed by atoms with Crippen molar-refractivity contribution in [2.24, 2.45) is 11.8 Å². The molecule has 0 fully saturated rings. The number of alkyl carbamates (subject to hydrolysis) is 2. The van der Waals surface area contributed by atoms with Gasteiger partial charge in [0.2, 0.25) is 6.33 Å². The van der Waals surface area contributed by atoms with Gasteiger partial charge in [0.25, 0.3) is 0 Å². The van der Waals surface area contributed by atoms with Crippen LogP contribution in [-0.4, -0.2) is 41.3 Å². The van der Waals surface area contributed by atoms with E-state index in [9.17, 15) is 9.59 Å². The van der Waals surface area contributed by atoms with Crippen molar-refractivity contribution in [1.82, 2.24) is 20.1 Å². The van der Waals surface area contributed by atoms with Gasteiger partial charge in [0.05, 0.1) is 13.1 Å². The number of unbranched alkanes of at least 4 members (excludes halogenated alkanes) is 9. The van der Waals surface area contributed by atoms with Crippen LogP contribution in [0.5, 0.6) is 0 Å². The van der Waals surface area contributed by atoms with Crippen molar-refractivity contribution < 1.29 is 23.6 Å². The highest BCUT2D eigenvalue weighted by Gasteiger charge is 2.15. The molecule has 0 bridgehead atoms. The third kappa shape index (κ3) is 18.2. The fourth-order valence-electron chi connectivity index (χ4n) is 6.59. The monoisotopic (exact) mass is 726 g/mol. The van der Waals surface area contributed by atoms with E-state index in [1.54, 1.807) is 0 Å². The highest BCUT2D eigenvalue weighted by Crippen LogP contribution is 2.25. The first-order valence-corrected chi connectivity index (χ1v) is 20.1. The van der Waals surface area contributed by atoms with Gasteiger partial charge in [0.1, 0.15) is 25.6 Å². The van der Waals surface area contributed by atoms with Gasteiger partial charge < -0.3 is 25.0 Å². The Balaban J connectivity index is 0.888. The van der Waals surface area contributed by atoms with E-state index in [1.165, 1.54) is 70.6 Å². The van der Waals surface area contributed by atoms with Crippen molar-refractivity contribution in [3.63, 3.8) is 0 Å². The lowest BCUT2D eigenvalue weighted by molar-refractivity contribution is -0.696. The first-order valence-electron chi connectivity index (χ1n) is 20.1. The van der Waals surface area contributed by atoms with Crippen LogP contribution in [0.4, 0.5) is 9.59 Å². The van der Waals surface area contributed by atoms with Crippen molar-refractivity contribution in [2.45, 2.75) is 117 Å². The van der Waals surface area contributed by atoms with Crippen LogP contribution in [0.15, 0.2) is 104 Å². The molecule has 1 atom stereocenters. The summed E-state index contributed by atoms with van der Waals surface area (Å²) in [5, 5.41) is 5.68. The topological polar surface area (TPSA) is 88.7 Å². The summed E-state index contributed by atoms with van der Waals surface area (Å²) in [4.78, 5) is 26.0. The Morgan fingerprint density at radius 1 is 0.679 bits per heavy atom. The molecule has 2 N–H and O–H groups in total. The van der Waals surface area contributed by atoms with Gasteiger partial charge in [-0.05, 0) is 42.7 Å². The lowest BCUT2D eigenvalue weighted by Crippen LogP contribution is -2.34. The van der Waals surface area contributed by atoms with E-state index in [0.29, 0.717) is 38.1 Å². The smallest absolute Gasteiger partial charge is 0.407 e. The Hall–Kier alpha value is -4.53. The standard InChI is InChI=1S/C44H63N5O4/c1-39(42-25-32-47(33-26-42)30-18-27-45-43(50)52-36-40-21-13-10-14-22-40)20-12-8-6-4-2-3-5-7-9-17-29-48-34-35-49(38-48)31-19-28-46-44(51)53-37-41-23-15-11-16-24-41/h10-11,13-16,21-26,32-35,38-39,42H,2-9,12,17-20,27-31,36-37H2,1H3,(H-,45,46,50,51)/p+1. The third-order valence-electron chi connectivity index (χ3n) is 9.88. The summed E-state index contributed by atoms with van der Waals surface area (Å²) in [6, 6.07) is 19.5. The van der Waals surface area contributed by atoms with Crippen molar-refractivity contribution in [2.75, 3.05) is 19.6 Å². The van der Waals surface area contributed by atoms with E-state index in [4.69, 9.17) is 9.47 Å². The number of imidazole rings is 1. The molecule has 53 heavy (non-hydrogen) atoms. The average molecular weight is 727 g/mol. The molecular weight excluding hydrogens is 663 g/mol. The summed E-state index contributed by atoms with van der Waals surface area (Å²) < 4.78 is 15.0. The van der Waals surface area contributed by atoms with Crippen LogP contribution >= 0.6 is 0 Å². The molecule has 9 heteroatoms. The zero-order chi connectivity index (χ0) is 37.2. The summed E-state index contributed by atoms with van der Waals surface area (Å²) >= 11 is 0. The van der Waals surface area contributed by atoms with Gasteiger partial charge in [-0.2, -0.15) is 0 Å². The van der Waals surface area contributed by atoms with Crippen LogP contribution in [0.3, 0.4) is 0 Å². The van der Waals surface area contributed by atoms with E-state index in [-0.39, 0.29) is 12.2 Å². The molecule has 1 aliphatic heterocycles. The molecule has 2 amide bonds. The van der Waals surface area contributed by atoms with Crippen LogP contribution in [0.25, 0.3) is 0 Å². The number of carbonyl (C=O) groups is 2. The van der Waals surface area contributed by atoms with Gasteiger partial charge in [-0.1, -0.05) is 131 Å². The molecule has 0 radical (unpaired) electrons. The number of carbonyl (C=O) groups excluding carboxylic acids is 2. The van der Waals surface area contributed by atoms with E-state index >= 15 is 0 Å². The molecule has 1 unspecified atom stereocenters. The molecular formula is C44H64N5O4+. The zero-order valence-corrected chi connectivity index (χ0v) is 32.1. The predicted molar refractivity (Wildman–Crippen MR) is 212 cm³/mol. The van der Waals surface area contributed by atoms with Gasteiger partial charge in [0.15, 0.2) is 0 Å². The summed E-state index contributed by atoms with van der Waals surface area (Å²) in [6.07, 6.45) is 31.0.